The van der Waals surface area contributed by atoms with Crippen LogP contribution in [-0.2, 0) is 16.7 Å². The first kappa shape index (κ1) is 20.4. The Hall–Kier alpha value is -2.47. The molecule has 1 aliphatic carbocycles. The molecule has 2 aliphatic rings. The minimum absolute atomic E-state index is 0.231. The molecule has 1 saturated heterocycles. The van der Waals surface area contributed by atoms with Crippen LogP contribution < -0.4 is 0 Å². The zero-order chi connectivity index (χ0) is 21.4. The van der Waals surface area contributed by atoms with Crippen LogP contribution in [0.4, 0.5) is 0 Å². The van der Waals surface area contributed by atoms with Gasteiger partial charge >= 0.3 is 0 Å². The molecule has 4 heterocycles. The van der Waals surface area contributed by atoms with Crippen molar-refractivity contribution in [3.63, 3.8) is 0 Å². The summed E-state index contributed by atoms with van der Waals surface area (Å²) in [5.41, 5.74) is 0.951. The number of aromatic nitrogens is 5. The van der Waals surface area contributed by atoms with Crippen molar-refractivity contribution < 1.29 is 8.42 Å². The average molecular weight is 458 g/mol. The average Bonchev–Trinajstić information content (AvgIpc) is 3.59. The largest absolute Gasteiger partial charge is 0.297 e. The van der Waals surface area contributed by atoms with E-state index < -0.39 is 10.0 Å². The summed E-state index contributed by atoms with van der Waals surface area (Å²) in [5, 5.41) is 4.80. The van der Waals surface area contributed by atoms with Crippen molar-refractivity contribution in [3.8, 4) is 11.4 Å². The molecule has 1 aliphatic heterocycles. The molecule has 11 heteroatoms. The van der Waals surface area contributed by atoms with Crippen LogP contribution in [0.15, 0.2) is 53.9 Å². The summed E-state index contributed by atoms with van der Waals surface area (Å²) in [7, 11) is -3.52. The van der Waals surface area contributed by atoms with Gasteiger partial charge < -0.3 is 0 Å². The van der Waals surface area contributed by atoms with E-state index in [4.69, 9.17) is 17.3 Å². The van der Waals surface area contributed by atoms with Gasteiger partial charge in [-0.2, -0.15) is 9.40 Å². The zero-order valence-electron chi connectivity index (χ0n) is 16.9. The number of sulfonamides is 1. The summed E-state index contributed by atoms with van der Waals surface area (Å²) in [6, 6.07) is 7.52. The summed E-state index contributed by atoms with van der Waals surface area (Å²) in [5.74, 6) is 0.846. The first-order valence-corrected chi connectivity index (χ1v) is 12.1. The molecule has 0 aromatic carbocycles. The van der Waals surface area contributed by atoms with Crippen LogP contribution in [0.25, 0.3) is 11.4 Å². The number of hydrogen-bond donors (Lipinski definition) is 0. The lowest BCUT2D eigenvalue weighted by molar-refractivity contribution is 0.144. The smallest absolute Gasteiger partial charge is 0.244 e. The Morgan fingerprint density at radius 2 is 1.71 bits per heavy atom. The summed E-state index contributed by atoms with van der Waals surface area (Å²) in [4.78, 5) is 10.6. The van der Waals surface area contributed by atoms with Crippen molar-refractivity contribution in [1.82, 2.24) is 33.5 Å². The summed E-state index contributed by atoms with van der Waals surface area (Å²) in [6.45, 7) is 2.60. The maximum Gasteiger partial charge on any atom is 0.244 e. The maximum atomic E-state index is 12.8. The molecule has 1 saturated carbocycles. The van der Waals surface area contributed by atoms with Crippen molar-refractivity contribution in [3.05, 3.63) is 53.8 Å². The topological polar surface area (TPSA) is 89.2 Å². The van der Waals surface area contributed by atoms with Gasteiger partial charge in [0.05, 0.1) is 6.67 Å². The maximum absolute atomic E-state index is 12.8. The Morgan fingerprint density at radius 3 is 2.32 bits per heavy atom. The predicted octanol–water partition coefficient (Wildman–Crippen LogP) is 2.17. The fourth-order valence-electron chi connectivity index (χ4n) is 3.82. The molecular formula is C20H23N7O2S2. The van der Waals surface area contributed by atoms with E-state index in [1.54, 1.807) is 24.5 Å². The van der Waals surface area contributed by atoms with Gasteiger partial charge in [0.15, 0.2) is 10.6 Å². The van der Waals surface area contributed by atoms with Crippen molar-refractivity contribution in [2.75, 3.05) is 26.2 Å². The Bertz CT molecular complexity index is 1210. The molecule has 0 unspecified atom stereocenters. The molecule has 0 spiro atoms. The minimum Gasteiger partial charge on any atom is -0.297 e. The fourth-order valence-corrected chi connectivity index (χ4v) is 5.54. The van der Waals surface area contributed by atoms with Gasteiger partial charge in [-0.1, -0.05) is 0 Å². The van der Waals surface area contributed by atoms with Crippen molar-refractivity contribution in [2.45, 2.75) is 30.4 Å². The lowest BCUT2D eigenvalue weighted by Gasteiger charge is -2.33. The molecule has 3 aromatic rings. The molecule has 3 aromatic heterocycles. The van der Waals surface area contributed by atoms with Crippen LogP contribution in [0, 0.1) is 4.77 Å². The molecule has 31 heavy (non-hydrogen) atoms. The van der Waals surface area contributed by atoms with E-state index in [0.29, 0.717) is 43.7 Å². The summed E-state index contributed by atoms with van der Waals surface area (Å²) < 4.78 is 31.8. The third kappa shape index (κ3) is 4.05. The number of piperazine rings is 1. The molecule has 0 atom stereocenters. The number of pyridine rings is 2. The Labute approximate surface area is 186 Å². The first-order valence-electron chi connectivity index (χ1n) is 10.3. The van der Waals surface area contributed by atoms with Gasteiger partial charge in [0.2, 0.25) is 10.0 Å². The van der Waals surface area contributed by atoms with Crippen LogP contribution in [0.2, 0.25) is 0 Å². The molecule has 0 radical (unpaired) electrons. The van der Waals surface area contributed by atoms with E-state index >= 15 is 0 Å². The number of hydrogen-bond acceptors (Lipinski definition) is 7. The molecule has 5 rings (SSSR count). The second-order valence-electron chi connectivity index (χ2n) is 7.80. The van der Waals surface area contributed by atoms with Gasteiger partial charge in [-0.25, -0.2) is 13.1 Å². The van der Waals surface area contributed by atoms with Gasteiger partial charge in [0, 0.05) is 62.6 Å². The van der Waals surface area contributed by atoms with E-state index in [-0.39, 0.29) is 4.90 Å². The summed E-state index contributed by atoms with van der Waals surface area (Å²) in [6.07, 6.45) is 8.74. The van der Waals surface area contributed by atoms with E-state index in [1.807, 2.05) is 23.0 Å². The summed E-state index contributed by atoms with van der Waals surface area (Å²) >= 11 is 5.75. The first-order chi connectivity index (χ1) is 15.0. The van der Waals surface area contributed by atoms with Crippen molar-refractivity contribution in [1.29, 1.82) is 0 Å². The molecule has 0 bridgehead atoms. The minimum atomic E-state index is -3.52. The quantitative estimate of drug-likeness (QED) is 0.524. The van der Waals surface area contributed by atoms with Crippen LogP contribution >= 0.6 is 12.2 Å². The van der Waals surface area contributed by atoms with Crippen molar-refractivity contribution in [2.24, 2.45) is 0 Å². The number of rotatable bonds is 6. The fraction of sp³-hybridized carbons (Fsp3) is 0.400. The SMILES string of the molecule is O=S(=O)(c1cccnc1)N1CCN(Cn2nc(-c3cccnc3)n(C3CC3)c2=S)CC1. The molecule has 0 N–H and O–H groups in total. The third-order valence-corrected chi connectivity index (χ3v) is 7.93. The van der Waals surface area contributed by atoms with Gasteiger partial charge in [-0.05, 0) is 49.3 Å². The molecular weight excluding hydrogens is 434 g/mol. The van der Waals surface area contributed by atoms with E-state index in [9.17, 15) is 8.42 Å². The van der Waals surface area contributed by atoms with Crippen LogP contribution in [0.3, 0.4) is 0 Å². The van der Waals surface area contributed by atoms with Gasteiger partial charge in [0.1, 0.15) is 4.90 Å². The van der Waals surface area contributed by atoms with Crippen LogP contribution in [-0.4, -0.2) is 68.1 Å². The van der Waals surface area contributed by atoms with Crippen molar-refractivity contribution >= 4 is 22.2 Å². The molecule has 2 fully saturated rings. The second-order valence-corrected chi connectivity index (χ2v) is 10.1. The second kappa shape index (κ2) is 8.23. The Kier molecular flexibility index (Phi) is 5.42. The standard InChI is InChI=1S/C20H23N7O2S2/c28-31(29,18-4-2-8-22-14-18)25-11-9-24(10-12-25)15-26-20(30)27(17-5-6-17)19(23-26)16-3-1-7-21-13-16/h1-4,7-8,13-14,17H,5-6,9-12,15H2. The molecule has 0 amide bonds. The van der Waals surface area contributed by atoms with Gasteiger partial charge in [-0.3, -0.25) is 19.4 Å². The monoisotopic (exact) mass is 457 g/mol. The number of nitrogens with zero attached hydrogens (tertiary/aromatic N) is 7. The molecule has 9 nitrogen and oxygen atoms in total. The van der Waals surface area contributed by atoms with E-state index in [1.165, 1.54) is 10.5 Å². The van der Waals surface area contributed by atoms with Crippen LogP contribution in [0.5, 0.6) is 0 Å². The highest BCUT2D eigenvalue weighted by Crippen LogP contribution is 2.38. The van der Waals surface area contributed by atoms with Gasteiger partial charge in [0.25, 0.3) is 0 Å². The Balaban J connectivity index is 1.32. The Morgan fingerprint density at radius 1 is 1.00 bits per heavy atom. The lowest BCUT2D eigenvalue weighted by Crippen LogP contribution is -2.48. The van der Waals surface area contributed by atoms with E-state index in [2.05, 4.69) is 19.4 Å². The highest BCUT2D eigenvalue weighted by molar-refractivity contribution is 7.89. The lowest BCUT2D eigenvalue weighted by atomic mass is 10.3. The zero-order valence-corrected chi connectivity index (χ0v) is 18.5. The van der Waals surface area contributed by atoms with Gasteiger partial charge in [-0.15, -0.1) is 0 Å². The molecule has 162 valence electrons. The predicted molar refractivity (Wildman–Crippen MR) is 117 cm³/mol. The normalized spacial score (nSPS) is 18.3. The van der Waals surface area contributed by atoms with Crippen LogP contribution in [0.1, 0.15) is 18.9 Å². The highest BCUT2D eigenvalue weighted by Gasteiger charge is 2.31. The van der Waals surface area contributed by atoms with E-state index in [0.717, 1.165) is 24.2 Å². The highest BCUT2D eigenvalue weighted by atomic mass is 32.2. The third-order valence-electron chi connectivity index (χ3n) is 5.64.